The molecule has 0 unspecified atom stereocenters. The highest BCUT2D eigenvalue weighted by Crippen LogP contribution is 2.28. The van der Waals surface area contributed by atoms with E-state index in [-0.39, 0.29) is 17.3 Å². The van der Waals surface area contributed by atoms with Gasteiger partial charge in [0.05, 0.1) is 11.9 Å². The molecule has 0 radical (unpaired) electrons. The third-order valence-electron chi connectivity index (χ3n) is 1.74. The number of rotatable bonds is 2. The van der Waals surface area contributed by atoms with Crippen LogP contribution in [0.3, 0.4) is 0 Å². The van der Waals surface area contributed by atoms with Crippen LogP contribution in [0.4, 0.5) is 10.1 Å². The molecule has 0 saturated carbocycles. The summed E-state index contributed by atoms with van der Waals surface area (Å²) < 4.78 is 18.4. The van der Waals surface area contributed by atoms with Gasteiger partial charge >= 0.3 is 0 Å². The SMILES string of the molecule is Nc1cccc(F)c1Oc1cnccn1. The maximum absolute atomic E-state index is 13.3. The number of anilines is 1. The molecule has 0 atom stereocenters. The van der Waals surface area contributed by atoms with E-state index >= 15 is 0 Å². The van der Waals surface area contributed by atoms with Crippen molar-refractivity contribution in [2.75, 3.05) is 5.73 Å². The summed E-state index contributed by atoms with van der Waals surface area (Å²) in [6, 6.07) is 4.32. The minimum absolute atomic E-state index is 0.0296. The van der Waals surface area contributed by atoms with Crippen molar-refractivity contribution in [3.05, 3.63) is 42.6 Å². The fraction of sp³-hybridized carbons (Fsp3) is 0. The zero-order chi connectivity index (χ0) is 10.7. The summed E-state index contributed by atoms with van der Waals surface area (Å²) in [5, 5.41) is 0. The van der Waals surface area contributed by atoms with Crippen molar-refractivity contribution in [3.63, 3.8) is 0 Å². The molecule has 76 valence electrons. The predicted octanol–water partition coefficient (Wildman–Crippen LogP) is 1.99. The molecule has 0 spiro atoms. The van der Waals surface area contributed by atoms with Crippen LogP contribution in [0.15, 0.2) is 36.8 Å². The molecule has 2 aromatic rings. The van der Waals surface area contributed by atoms with E-state index in [1.165, 1.54) is 30.7 Å². The molecule has 15 heavy (non-hydrogen) atoms. The van der Waals surface area contributed by atoms with Crippen molar-refractivity contribution >= 4 is 5.69 Å². The fourth-order valence-electron chi connectivity index (χ4n) is 1.08. The normalized spacial score (nSPS) is 9.93. The Morgan fingerprint density at radius 2 is 2.13 bits per heavy atom. The van der Waals surface area contributed by atoms with E-state index in [4.69, 9.17) is 10.5 Å². The van der Waals surface area contributed by atoms with Crippen LogP contribution < -0.4 is 10.5 Å². The van der Waals surface area contributed by atoms with Crippen LogP contribution in [0.5, 0.6) is 11.6 Å². The Hall–Kier alpha value is -2.17. The van der Waals surface area contributed by atoms with Crippen molar-refractivity contribution in [1.82, 2.24) is 9.97 Å². The molecule has 0 saturated heterocycles. The summed E-state index contributed by atoms with van der Waals surface area (Å²) in [5.41, 5.74) is 5.78. The highest BCUT2D eigenvalue weighted by Gasteiger charge is 2.08. The van der Waals surface area contributed by atoms with E-state index < -0.39 is 5.82 Å². The molecule has 0 aliphatic rings. The number of nitrogens with zero attached hydrogens (tertiary/aromatic N) is 2. The van der Waals surface area contributed by atoms with Crippen LogP contribution in [0.25, 0.3) is 0 Å². The Bertz CT molecular complexity index is 441. The molecule has 2 rings (SSSR count). The molecule has 1 heterocycles. The Labute approximate surface area is 85.5 Å². The number of hydrogen-bond donors (Lipinski definition) is 1. The monoisotopic (exact) mass is 205 g/mol. The van der Waals surface area contributed by atoms with Crippen molar-refractivity contribution in [2.24, 2.45) is 0 Å². The molecule has 0 fully saturated rings. The third-order valence-corrected chi connectivity index (χ3v) is 1.74. The smallest absolute Gasteiger partial charge is 0.238 e. The van der Waals surface area contributed by atoms with Gasteiger partial charge in [-0.05, 0) is 12.1 Å². The molecule has 2 N–H and O–H groups in total. The maximum Gasteiger partial charge on any atom is 0.238 e. The van der Waals surface area contributed by atoms with E-state index in [0.717, 1.165) is 0 Å². The van der Waals surface area contributed by atoms with Crippen LogP contribution >= 0.6 is 0 Å². The van der Waals surface area contributed by atoms with Gasteiger partial charge in [-0.15, -0.1) is 0 Å². The summed E-state index contributed by atoms with van der Waals surface area (Å²) in [7, 11) is 0. The zero-order valence-electron chi connectivity index (χ0n) is 7.72. The number of hydrogen-bond acceptors (Lipinski definition) is 4. The topological polar surface area (TPSA) is 61.0 Å². The number of benzene rings is 1. The van der Waals surface area contributed by atoms with Gasteiger partial charge in [0.1, 0.15) is 0 Å². The van der Waals surface area contributed by atoms with Crippen molar-refractivity contribution in [1.29, 1.82) is 0 Å². The first-order valence-electron chi connectivity index (χ1n) is 4.25. The lowest BCUT2D eigenvalue weighted by Crippen LogP contribution is -1.96. The molecule has 0 aliphatic heterocycles. The average Bonchev–Trinajstić information content (AvgIpc) is 2.25. The van der Waals surface area contributed by atoms with Gasteiger partial charge in [0, 0.05) is 12.4 Å². The van der Waals surface area contributed by atoms with Crippen LogP contribution in [-0.4, -0.2) is 9.97 Å². The largest absolute Gasteiger partial charge is 0.432 e. The summed E-state index contributed by atoms with van der Waals surface area (Å²) >= 11 is 0. The van der Waals surface area contributed by atoms with Crippen LogP contribution in [0.1, 0.15) is 0 Å². The Kier molecular flexibility index (Phi) is 2.45. The van der Waals surface area contributed by atoms with Gasteiger partial charge < -0.3 is 10.5 Å². The molecule has 0 bridgehead atoms. The number of ether oxygens (including phenoxy) is 1. The molecule has 5 heteroatoms. The van der Waals surface area contributed by atoms with Gasteiger partial charge in [-0.2, -0.15) is 0 Å². The second kappa shape index (κ2) is 3.91. The second-order valence-corrected chi connectivity index (χ2v) is 2.80. The zero-order valence-corrected chi connectivity index (χ0v) is 7.72. The first kappa shape index (κ1) is 9.39. The summed E-state index contributed by atoms with van der Waals surface area (Å²) in [6.45, 7) is 0. The molecule has 1 aromatic heterocycles. The lowest BCUT2D eigenvalue weighted by Gasteiger charge is -2.07. The third kappa shape index (κ3) is 2.01. The van der Waals surface area contributed by atoms with E-state index in [1.807, 2.05) is 0 Å². The van der Waals surface area contributed by atoms with Gasteiger partial charge in [0.25, 0.3) is 0 Å². The van der Waals surface area contributed by atoms with E-state index in [1.54, 1.807) is 6.07 Å². The van der Waals surface area contributed by atoms with E-state index in [9.17, 15) is 4.39 Å². The molecule has 0 aliphatic carbocycles. The first-order valence-corrected chi connectivity index (χ1v) is 4.25. The van der Waals surface area contributed by atoms with E-state index in [2.05, 4.69) is 9.97 Å². The van der Waals surface area contributed by atoms with Gasteiger partial charge in [0.15, 0.2) is 11.6 Å². The molecule has 0 amide bonds. The van der Waals surface area contributed by atoms with Gasteiger partial charge in [-0.25, -0.2) is 9.37 Å². The Morgan fingerprint density at radius 3 is 2.80 bits per heavy atom. The van der Waals surface area contributed by atoms with Gasteiger partial charge in [-0.3, -0.25) is 4.98 Å². The van der Waals surface area contributed by atoms with Crippen molar-refractivity contribution < 1.29 is 9.13 Å². The van der Waals surface area contributed by atoms with Crippen LogP contribution in [-0.2, 0) is 0 Å². The number of nitrogens with two attached hydrogens (primary N) is 1. The fourth-order valence-corrected chi connectivity index (χ4v) is 1.08. The lowest BCUT2D eigenvalue weighted by atomic mass is 10.3. The van der Waals surface area contributed by atoms with Gasteiger partial charge in [-0.1, -0.05) is 6.07 Å². The minimum atomic E-state index is -0.527. The summed E-state index contributed by atoms with van der Waals surface area (Å²) in [6.07, 6.45) is 4.33. The summed E-state index contributed by atoms with van der Waals surface area (Å²) in [5.74, 6) is -0.354. The molecular weight excluding hydrogens is 197 g/mol. The molecular formula is C10H8FN3O. The van der Waals surface area contributed by atoms with Gasteiger partial charge in [0.2, 0.25) is 5.88 Å². The molecule has 4 nitrogen and oxygen atoms in total. The van der Waals surface area contributed by atoms with Crippen molar-refractivity contribution in [3.8, 4) is 11.6 Å². The number of nitrogen functional groups attached to an aromatic ring is 1. The van der Waals surface area contributed by atoms with Crippen LogP contribution in [0.2, 0.25) is 0 Å². The lowest BCUT2D eigenvalue weighted by molar-refractivity contribution is 0.428. The highest BCUT2D eigenvalue weighted by molar-refractivity contribution is 5.53. The highest BCUT2D eigenvalue weighted by atomic mass is 19.1. The second-order valence-electron chi connectivity index (χ2n) is 2.80. The van der Waals surface area contributed by atoms with Crippen molar-refractivity contribution in [2.45, 2.75) is 0 Å². The maximum atomic E-state index is 13.3. The predicted molar refractivity (Wildman–Crippen MR) is 52.9 cm³/mol. The number of para-hydroxylation sites is 1. The average molecular weight is 205 g/mol. The minimum Gasteiger partial charge on any atom is -0.432 e. The molecule has 1 aromatic carbocycles. The number of halogens is 1. The Morgan fingerprint density at radius 1 is 1.27 bits per heavy atom. The Balaban J connectivity index is 2.32. The summed E-state index contributed by atoms with van der Waals surface area (Å²) in [4.78, 5) is 7.64. The quantitative estimate of drug-likeness (QED) is 0.761. The van der Waals surface area contributed by atoms with E-state index in [0.29, 0.717) is 0 Å². The first-order chi connectivity index (χ1) is 7.27. The standard InChI is InChI=1S/C10H8FN3O/c11-7-2-1-3-8(12)10(7)15-9-6-13-4-5-14-9/h1-6H,12H2. The number of aromatic nitrogens is 2. The van der Waals surface area contributed by atoms with Crippen LogP contribution in [0, 0.1) is 5.82 Å².